The Morgan fingerprint density at radius 1 is 1.03 bits per heavy atom. The van der Waals surface area contributed by atoms with Crippen LogP contribution in [0.15, 0.2) is 53.7 Å². The van der Waals surface area contributed by atoms with E-state index < -0.39 is 15.8 Å². The third kappa shape index (κ3) is 6.09. The van der Waals surface area contributed by atoms with E-state index in [1.807, 2.05) is 6.07 Å². The van der Waals surface area contributed by atoms with Crippen molar-refractivity contribution in [3.05, 3.63) is 65.2 Å². The largest absolute Gasteiger partial charge is 0.362 e. The quantitative estimate of drug-likeness (QED) is 0.405. The minimum Gasteiger partial charge on any atom is -0.362 e. The maximum absolute atomic E-state index is 15.2. The molecule has 0 unspecified atom stereocenters. The standard InChI is InChI=1S/C27H34ClFN6O2S/c1-19(2)35-12-10-34(11-13-35)18-20-6-7-23(24(29)14-20)25-16-22(8-9-30-25)33(5)38(36,37)26-15-21(28)17-31-27(26)32(3)4/h6-9,14-17,19H,10-13,18H2,1-5H3. The van der Waals surface area contributed by atoms with E-state index in [2.05, 4.69) is 33.6 Å². The number of hydrogen-bond acceptors (Lipinski definition) is 7. The van der Waals surface area contributed by atoms with E-state index in [9.17, 15) is 8.42 Å². The van der Waals surface area contributed by atoms with Gasteiger partial charge in [-0.3, -0.25) is 19.1 Å². The number of hydrogen-bond donors (Lipinski definition) is 0. The smallest absolute Gasteiger partial charge is 0.267 e. The minimum absolute atomic E-state index is 0.0272. The summed E-state index contributed by atoms with van der Waals surface area (Å²) in [6.07, 6.45) is 2.87. The summed E-state index contributed by atoms with van der Waals surface area (Å²) in [7, 11) is 0.833. The lowest BCUT2D eigenvalue weighted by molar-refractivity contribution is 0.104. The molecular weight excluding hydrogens is 527 g/mol. The summed E-state index contributed by atoms with van der Waals surface area (Å²) in [6.45, 7) is 9.00. The lowest BCUT2D eigenvalue weighted by Crippen LogP contribution is -2.48. The molecule has 0 bridgehead atoms. The highest BCUT2D eigenvalue weighted by atomic mass is 35.5. The van der Waals surface area contributed by atoms with Crippen LogP contribution in [0.4, 0.5) is 15.9 Å². The van der Waals surface area contributed by atoms with E-state index in [1.165, 1.54) is 25.5 Å². The van der Waals surface area contributed by atoms with E-state index in [4.69, 9.17) is 11.6 Å². The maximum atomic E-state index is 15.2. The van der Waals surface area contributed by atoms with Gasteiger partial charge in [-0.2, -0.15) is 0 Å². The van der Waals surface area contributed by atoms with Gasteiger partial charge in [-0.1, -0.05) is 17.7 Å². The molecule has 0 saturated carbocycles. The van der Waals surface area contributed by atoms with E-state index >= 15 is 4.39 Å². The van der Waals surface area contributed by atoms with Gasteiger partial charge >= 0.3 is 0 Å². The lowest BCUT2D eigenvalue weighted by Gasteiger charge is -2.36. The van der Waals surface area contributed by atoms with E-state index in [0.717, 1.165) is 36.0 Å². The minimum atomic E-state index is -4.02. The molecule has 0 amide bonds. The zero-order valence-electron chi connectivity index (χ0n) is 22.4. The summed E-state index contributed by atoms with van der Waals surface area (Å²) >= 11 is 6.07. The number of anilines is 2. The van der Waals surface area contributed by atoms with Crippen LogP contribution in [-0.4, -0.2) is 81.5 Å². The van der Waals surface area contributed by atoms with Gasteiger partial charge in [-0.05, 0) is 49.7 Å². The summed E-state index contributed by atoms with van der Waals surface area (Å²) in [5.41, 5.74) is 1.89. The summed E-state index contributed by atoms with van der Waals surface area (Å²) in [5.74, 6) is -0.129. The van der Waals surface area contributed by atoms with Crippen LogP contribution in [0.2, 0.25) is 5.02 Å². The van der Waals surface area contributed by atoms with Gasteiger partial charge in [-0.15, -0.1) is 0 Å². The number of rotatable bonds is 8. The van der Waals surface area contributed by atoms with Crippen molar-refractivity contribution in [2.75, 3.05) is 56.5 Å². The Hall–Kier alpha value is -2.79. The molecule has 0 aliphatic carbocycles. The fourth-order valence-corrected chi connectivity index (χ4v) is 6.20. The maximum Gasteiger partial charge on any atom is 0.267 e. The Bertz CT molecular complexity index is 1390. The van der Waals surface area contributed by atoms with E-state index in [0.29, 0.717) is 29.5 Å². The second kappa shape index (κ2) is 11.5. The third-order valence-corrected chi connectivity index (χ3v) is 8.82. The zero-order chi connectivity index (χ0) is 27.6. The Kier molecular flexibility index (Phi) is 8.56. The van der Waals surface area contributed by atoms with Crippen molar-refractivity contribution in [3.8, 4) is 11.3 Å². The van der Waals surface area contributed by atoms with Crippen LogP contribution in [0.3, 0.4) is 0 Å². The molecule has 3 aromatic rings. The Balaban J connectivity index is 1.55. The van der Waals surface area contributed by atoms with Gasteiger partial charge < -0.3 is 4.90 Å². The van der Waals surface area contributed by atoms with Crippen LogP contribution in [0.5, 0.6) is 0 Å². The number of benzene rings is 1. The highest BCUT2D eigenvalue weighted by Crippen LogP contribution is 2.31. The number of pyridine rings is 2. The third-order valence-electron chi connectivity index (χ3n) is 6.82. The molecule has 1 aromatic carbocycles. The van der Waals surface area contributed by atoms with Crippen LogP contribution < -0.4 is 9.21 Å². The average Bonchev–Trinajstić information content (AvgIpc) is 2.88. The number of halogens is 2. The Morgan fingerprint density at radius 2 is 1.74 bits per heavy atom. The van der Waals surface area contributed by atoms with Crippen molar-refractivity contribution in [2.45, 2.75) is 31.3 Å². The molecule has 0 spiro atoms. The van der Waals surface area contributed by atoms with Crippen LogP contribution in [0.25, 0.3) is 11.3 Å². The Morgan fingerprint density at radius 3 is 2.37 bits per heavy atom. The number of nitrogens with zero attached hydrogens (tertiary/aromatic N) is 6. The van der Waals surface area contributed by atoms with Gasteiger partial charge in [0.15, 0.2) is 0 Å². The van der Waals surface area contributed by atoms with Crippen molar-refractivity contribution < 1.29 is 12.8 Å². The molecule has 1 aliphatic rings. The van der Waals surface area contributed by atoms with Crippen LogP contribution in [0, 0.1) is 5.82 Å². The van der Waals surface area contributed by atoms with Gasteiger partial charge in [-0.25, -0.2) is 17.8 Å². The van der Waals surface area contributed by atoms with Crippen LogP contribution in [-0.2, 0) is 16.6 Å². The fourth-order valence-electron chi connectivity index (χ4n) is 4.55. The zero-order valence-corrected chi connectivity index (χ0v) is 24.0. The predicted octanol–water partition coefficient (Wildman–Crippen LogP) is 4.35. The fraction of sp³-hybridized carbons (Fsp3) is 0.407. The molecule has 1 fully saturated rings. The number of aromatic nitrogens is 2. The van der Waals surface area contributed by atoms with Crippen molar-refractivity contribution >= 4 is 33.1 Å². The first-order valence-electron chi connectivity index (χ1n) is 12.5. The summed E-state index contributed by atoms with van der Waals surface area (Å²) in [6, 6.07) is 10.2. The number of piperazine rings is 1. The molecule has 2 aromatic heterocycles. The van der Waals surface area contributed by atoms with E-state index in [-0.39, 0.29) is 15.7 Å². The molecule has 4 rings (SSSR count). The summed E-state index contributed by atoms with van der Waals surface area (Å²) in [4.78, 5) is 14.9. The molecule has 8 nitrogen and oxygen atoms in total. The first-order chi connectivity index (χ1) is 18.0. The normalized spacial score (nSPS) is 15.2. The van der Waals surface area contributed by atoms with Crippen LogP contribution in [0.1, 0.15) is 19.4 Å². The summed E-state index contributed by atoms with van der Waals surface area (Å²) in [5, 5.41) is 0.210. The van der Waals surface area contributed by atoms with Crippen LogP contribution >= 0.6 is 11.6 Å². The monoisotopic (exact) mass is 560 g/mol. The van der Waals surface area contributed by atoms with Gasteiger partial charge in [0, 0.05) is 77.9 Å². The SMILES string of the molecule is CC(C)N1CCN(Cc2ccc(-c3cc(N(C)S(=O)(=O)c4cc(Cl)cnc4N(C)C)ccn3)c(F)c2)CC1. The first-order valence-corrected chi connectivity index (χ1v) is 14.3. The molecule has 38 heavy (non-hydrogen) atoms. The lowest BCUT2D eigenvalue weighted by atomic mass is 10.1. The molecule has 11 heteroatoms. The van der Waals surface area contributed by atoms with Crippen molar-refractivity contribution in [1.29, 1.82) is 0 Å². The van der Waals surface area contributed by atoms with E-state index in [1.54, 1.807) is 43.3 Å². The molecular formula is C27H34ClFN6O2S. The Labute approximate surface area is 229 Å². The molecule has 1 aliphatic heterocycles. The predicted molar refractivity (Wildman–Crippen MR) is 151 cm³/mol. The summed E-state index contributed by atoms with van der Waals surface area (Å²) < 4.78 is 43.4. The highest BCUT2D eigenvalue weighted by molar-refractivity contribution is 7.93. The van der Waals surface area contributed by atoms with Gasteiger partial charge in [0.2, 0.25) is 0 Å². The van der Waals surface area contributed by atoms with Gasteiger partial charge in [0.25, 0.3) is 10.0 Å². The second-order valence-electron chi connectivity index (χ2n) is 9.96. The molecule has 0 radical (unpaired) electrons. The van der Waals surface area contributed by atoms with Crippen molar-refractivity contribution in [2.24, 2.45) is 0 Å². The van der Waals surface area contributed by atoms with Crippen molar-refractivity contribution in [1.82, 2.24) is 19.8 Å². The second-order valence-corrected chi connectivity index (χ2v) is 12.3. The molecule has 3 heterocycles. The molecule has 0 atom stereocenters. The average molecular weight is 561 g/mol. The highest BCUT2D eigenvalue weighted by Gasteiger charge is 2.27. The molecule has 1 saturated heterocycles. The topological polar surface area (TPSA) is 72.9 Å². The molecule has 204 valence electrons. The van der Waals surface area contributed by atoms with Crippen molar-refractivity contribution in [3.63, 3.8) is 0 Å². The molecule has 0 N–H and O–H groups in total. The van der Waals surface area contributed by atoms with Gasteiger partial charge in [0.05, 0.1) is 16.4 Å². The first kappa shape index (κ1) is 28.2. The van der Waals surface area contributed by atoms with Gasteiger partial charge in [0.1, 0.15) is 16.5 Å². The number of sulfonamides is 1.